The van der Waals surface area contributed by atoms with E-state index in [0.29, 0.717) is 5.92 Å². The molecule has 0 aromatic carbocycles. The Bertz CT molecular complexity index is 430. The maximum absolute atomic E-state index is 11.3. The summed E-state index contributed by atoms with van der Waals surface area (Å²) in [5.74, 6) is 0.495. The summed E-state index contributed by atoms with van der Waals surface area (Å²) in [5.41, 5.74) is 0. The Morgan fingerprint density at radius 1 is 0.920 bits per heavy atom. The van der Waals surface area contributed by atoms with Crippen LogP contribution in [0.3, 0.4) is 0 Å². The van der Waals surface area contributed by atoms with E-state index in [1.54, 1.807) is 6.08 Å². The van der Waals surface area contributed by atoms with Crippen LogP contribution in [0.15, 0.2) is 48.6 Å². The number of hydrogen-bond donors (Lipinski definition) is 1. The fourth-order valence-electron chi connectivity index (χ4n) is 1.16. The van der Waals surface area contributed by atoms with Gasteiger partial charge in [0, 0.05) is 6.54 Å². The fourth-order valence-corrected chi connectivity index (χ4v) is 1.16. The maximum Gasteiger partial charge on any atom is 3.00 e. The van der Waals surface area contributed by atoms with Crippen LogP contribution in [0.1, 0.15) is 33.6 Å². The van der Waals surface area contributed by atoms with Gasteiger partial charge in [-0.1, -0.05) is 56.4 Å². The standard InChI is InChI=1S/C16H25NO.3CO.Fe/c1-4-5-6-7-8-9-10-11-12-13-16(18)17-14-15(2)3;3*1-2;/h4-9,12-13,15H,10-11,14H2,1-3H3,(H,17,18);;;;/q;;;;+3/b5-4+,7-6+,9-8-,13-12+;;;;. The van der Waals surface area contributed by atoms with Gasteiger partial charge in [-0.15, -0.1) is 0 Å². The van der Waals surface area contributed by atoms with Crippen LogP contribution in [-0.2, 0) is 35.8 Å². The normalized spacial score (nSPS) is 9.36. The Morgan fingerprint density at radius 3 is 1.88 bits per heavy atom. The van der Waals surface area contributed by atoms with E-state index < -0.39 is 0 Å². The Morgan fingerprint density at radius 2 is 1.40 bits per heavy atom. The summed E-state index contributed by atoms with van der Waals surface area (Å²) in [7, 11) is 0. The van der Waals surface area contributed by atoms with Gasteiger partial charge in [0.05, 0.1) is 0 Å². The molecule has 0 fully saturated rings. The minimum atomic E-state index is 0. The molecule has 1 radical (unpaired) electrons. The van der Waals surface area contributed by atoms with Gasteiger partial charge in [0.2, 0.25) is 5.91 Å². The minimum absolute atomic E-state index is 0. The van der Waals surface area contributed by atoms with Crippen LogP contribution in [0.2, 0.25) is 0 Å². The van der Waals surface area contributed by atoms with Crippen molar-refractivity contribution < 1.29 is 35.8 Å². The number of allylic oxidation sites excluding steroid dienone is 7. The molecule has 0 spiro atoms. The van der Waals surface area contributed by atoms with Gasteiger partial charge in [-0.05, 0) is 31.8 Å². The first kappa shape index (κ1) is 34.5. The molecule has 0 aromatic heterocycles. The second kappa shape index (κ2) is 38.0. The van der Waals surface area contributed by atoms with Crippen molar-refractivity contribution in [1.29, 1.82) is 0 Å². The molecule has 0 saturated heterocycles. The zero-order valence-corrected chi connectivity index (χ0v) is 15.9. The smallest absolute Gasteiger partial charge is 3.00 e. The van der Waals surface area contributed by atoms with Crippen LogP contribution < -0.4 is 5.32 Å². The van der Waals surface area contributed by atoms with Gasteiger partial charge in [-0.3, -0.25) is 4.79 Å². The Labute approximate surface area is 162 Å². The van der Waals surface area contributed by atoms with E-state index in [2.05, 4.69) is 45.2 Å². The molecular formula is C19H25FeNO4+3. The number of amides is 1. The molecule has 1 N–H and O–H groups in total. The van der Waals surface area contributed by atoms with Crippen LogP contribution >= 0.6 is 0 Å². The third-order valence-corrected chi connectivity index (χ3v) is 2.12. The van der Waals surface area contributed by atoms with Gasteiger partial charge in [0.1, 0.15) is 0 Å². The first-order valence-electron chi connectivity index (χ1n) is 7.17. The molecule has 25 heavy (non-hydrogen) atoms. The molecule has 0 unspecified atom stereocenters. The zero-order chi connectivity index (χ0) is 19.6. The molecule has 0 aliphatic carbocycles. The van der Waals surface area contributed by atoms with Crippen molar-refractivity contribution in [2.75, 3.05) is 6.54 Å². The third kappa shape index (κ3) is 44.9. The topological polar surface area (TPSA) is 88.8 Å². The zero-order valence-electron chi connectivity index (χ0n) is 14.8. The molecule has 0 aromatic rings. The summed E-state index contributed by atoms with van der Waals surface area (Å²) in [6.07, 6.45) is 17.5. The van der Waals surface area contributed by atoms with E-state index in [9.17, 15) is 4.79 Å². The summed E-state index contributed by atoms with van der Waals surface area (Å²) < 4.78 is 22.5. The SMILES string of the molecule is C/C=C/C=C/C=C\CC/C=C/C(=O)NCC(C)C.[C-]#[O+].[C-]#[O+].[C-]#[O+].[Fe+3]. The predicted molar refractivity (Wildman–Crippen MR) is 91.1 cm³/mol. The van der Waals surface area contributed by atoms with Crippen molar-refractivity contribution in [2.45, 2.75) is 33.6 Å². The van der Waals surface area contributed by atoms with E-state index in [1.165, 1.54) is 0 Å². The molecule has 0 rings (SSSR count). The number of hydrogen-bond acceptors (Lipinski definition) is 1. The molecule has 0 bridgehead atoms. The van der Waals surface area contributed by atoms with Crippen molar-refractivity contribution in [3.05, 3.63) is 68.6 Å². The second-order valence-corrected chi connectivity index (χ2v) is 4.46. The molecule has 0 aliphatic heterocycles. The van der Waals surface area contributed by atoms with Crippen molar-refractivity contribution in [1.82, 2.24) is 5.32 Å². The van der Waals surface area contributed by atoms with Gasteiger partial charge < -0.3 is 5.32 Å². The van der Waals surface area contributed by atoms with Gasteiger partial charge in [-0.25, -0.2) is 0 Å². The van der Waals surface area contributed by atoms with Crippen molar-refractivity contribution in [2.24, 2.45) is 5.92 Å². The Hall–Kier alpha value is -1.83. The van der Waals surface area contributed by atoms with Crippen molar-refractivity contribution in [3.8, 4) is 0 Å². The van der Waals surface area contributed by atoms with Gasteiger partial charge in [0.15, 0.2) is 0 Å². The number of carbonyl (C=O) groups is 1. The van der Waals surface area contributed by atoms with Gasteiger partial charge in [-0.2, -0.15) is 0 Å². The van der Waals surface area contributed by atoms with Crippen LogP contribution in [-0.4, -0.2) is 12.5 Å². The summed E-state index contributed by atoms with van der Waals surface area (Å²) in [4.78, 5) is 11.3. The van der Waals surface area contributed by atoms with Crippen LogP contribution in [0, 0.1) is 25.9 Å². The molecule has 1 amide bonds. The summed E-state index contributed by atoms with van der Waals surface area (Å²) in [6.45, 7) is 20.4. The monoisotopic (exact) mass is 387 g/mol. The summed E-state index contributed by atoms with van der Waals surface area (Å²) in [6, 6.07) is 0. The van der Waals surface area contributed by atoms with E-state index in [0.717, 1.165) is 19.4 Å². The number of unbranched alkanes of at least 4 members (excludes halogenated alkanes) is 1. The average Bonchev–Trinajstić information content (AvgIpc) is 2.63. The fraction of sp³-hybridized carbons (Fsp3) is 0.368. The number of carbonyl (C=O) groups excluding carboxylic acids is 1. The Kier molecular flexibility index (Phi) is 52.4. The molecule has 0 atom stereocenters. The van der Waals surface area contributed by atoms with E-state index in [-0.39, 0.29) is 23.0 Å². The molecule has 5 nitrogen and oxygen atoms in total. The molecule has 135 valence electrons. The number of nitrogens with one attached hydrogen (secondary N) is 1. The molecule has 0 aliphatic rings. The molecular weight excluding hydrogens is 362 g/mol. The third-order valence-electron chi connectivity index (χ3n) is 2.12. The first-order chi connectivity index (χ1) is 11.7. The van der Waals surface area contributed by atoms with Gasteiger partial charge >= 0.3 is 51.0 Å². The molecule has 6 heteroatoms. The van der Waals surface area contributed by atoms with E-state index in [4.69, 9.17) is 14.0 Å². The second-order valence-electron chi connectivity index (χ2n) is 4.46. The van der Waals surface area contributed by atoms with Gasteiger partial charge in [0.25, 0.3) is 0 Å². The molecule has 0 heterocycles. The quantitative estimate of drug-likeness (QED) is 0.169. The molecule has 0 saturated carbocycles. The Balaban J connectivity index is -0.000000171. The summed E-state index contributed by atoms with van der Waals surface area (Å²) >= 11 is 0. The van der Waals surface area contributed by atoms with E-state index >= 15 is 0 Å². The number of rotatable bonds is 8. The van der Waals surface area contributed by atoms with E-state index in [1.807, 2.05) is 43.4 Å². The predicted octanol–water partition coefficient (Wildman–Crippen LogP) is 3.67. The first-order valence-corrected chi connectivity index (χ1v) is 7.17. The average molecular weight is 387 g/mol. The maximum atomic E-state index is 11.3. The van der Waals surface area contributed by atoms with Crippen LogP contribution in [0.25, 0.3) is 0 Å². The summed E-state index contributed by atoms with van der Waals surface area (Å²) in [5, 5.41) is 2.84. The van der Waals surface area contributed by atoms with Crippen molar-refractivity contribution in [3.63, 3.8) is 0 Å². The van der Waals surface area contributed by atoms with Crippen molar-refractivity contribution >= 4 is 5.91 Å². The van der Waals surface area contributed by atoms with Crippen LogP contribution in [0.5, 0.6) is 0 Å². The largest absolute Gasteiger partial charge is 3.00 e. The minimum Gasteiger partial charge on any atom is 3.00 e. The van der Waals surface area contributed by atoms with Crippen LogP contribution in [0.4, 0.5) is 0 Å².